The summed E-state index contributed by atoms with van der Waals surface area (Å²) in [6, 6.07) is 5.98. The van der Waals surface area contributed by atoms with E-state index in [0.717, 1.165) is 8.95 Å². The van der Waals surface area contributed by atoms with E-state index in [4.69, 9.17) is 0 Å². The summed E-state index contributed by atoms with van der Waals surface area (Å²) < 4.78 is 1.45. The van der Waals surface area contributed by atoms with Gasteiger partial charge in [-0.15, -0.1) is 0 Å². The predicted octanol–water partition coefficient (Wildman–Crippen LogP) is 1.40. The number of amides is 2. The fourth-order valence-electron chi connectivity index (χ4n) is 3.10. The largest absolute Gasteiger partial charge is 0.481 e. The first kappa shape index (κ1) is 25.6. The molecule has 0 saturated carbocycles. The minimum Gasteiger partial charge on any atom is -0.481 e. The number of benzene rings is 1. The number of guanidine groups is 1. The lowest BCUT2D eigenvalue weighted by Crippen LogP contribution is -2.42. The number of nitrogens with one attached hydrogen (secondary N) is 4. The van der Waals surface area contributed by atoms with E-state index in [1.807, 2.05) is 0 Å². The Balaban J connectivity index is 1.59. The second kappa shape index (κ2) is 11.9. The van der Waals surface area contributed by atoms with Crippen LogP contribution in [0.15, 0.2) is 50.6 Å². The minimum atomic E-state index is -1.08. The third-order valence-corrected chi connectivity index (χ3v) is 5.55. The number of aliphatic carboxylic acids is 1. The summed E-state index contributed by atoms with van der Waals surface area (Å²) >= 11 is 6.70. The number of aromatic nitrogens is 1. The molecule has 1 aliphatic heterocycles. The van der Waals surface area contributed by atoms with Crippen molar-refractivity contribution in [2.45, 2.75) is 18.6 Å². The first-order valence-corrected chi connectivity index (χ1v) is 11.7. The molecule has 11 nitrogen and oxygen atoms in total. The van der Waals surface area contributed by atoms with Gasteiger partial charge in [0.05, 0.1) is 49.1 Å². The third kappa shape index (κ3) is 7.78. The molecule has 1 aromatic heterocycles. The number of carboxylic acid groups (broad SMARTS) is 1. The molecule has 0 saturated heterocycles. The molecule has 2 unspecified atom stereocenters. The monoisotopic (exact) mass is 596 g/mol. The van der Waals surface area contributed by atoms with E-state index in [9.17, 15) is 24.6 Å². The number of aliphatic hydroxyl groups excluding tert-OH is 1. The molecule has 3 rings (SSSR count). The first-order chi connectivity index (χ1) is 16.2. The minimum absolute atomic E-state index is 0.215. The van der Waals surface area contributed by atoms with E-state index in [0.29, 0.717) is 23.8 Å². The van der Waals surface area contributed by atoms with E-state index >= 15 is 0 Å². The molecule has 0 radical (unpaired) electrons. The van der Waals surface area contributed by atoms with Crippen LogP contribution in [0.4, 0.5) is 5.69 Å². The summed E-state index contributed by atoms with van der Waals surface area (Å²) in [6.45, 7) is 0.264. The van der Waals surface area contributed by atoms with Crippen LogP contribution in [0.25, 0.3) is 0 Å². The van der Waals surface area contributed by atoms with Crippen molar-refractivity contribution in [3.63, 3.8) is 0 Å². The molecule has 0 aliphatic carbocycles. The van der Waals surface area contributed by atoms with Gasteiger partial charge in [0.15, 0.2) is 5.96 Å². The number of rotatable bonds is 8. The Bertz CT molecular complexity index is 1090. The molecule has 34 heavy (non-hydrogen) atoms. The maximum absolute atomic E-state index is 12.5. The lowest BCUT2D eigenvalue weighted by atomic mass is 10.0. The molecule has 2 atom stereocenters. The van der Waals surface area contributed by atoms with Gasteiger partial charge in [0.25, 0.3) is 5.91 Å². The molecule has 0 bridgehead atoms. The normalized spacial score (nSPS) is 16.0. The Kier molecular flexibility index (Phi) is 8.96. The number of anilines is 1. The number of carboxylic acids is 1. The summed E-state index contributed by atoms with van der Waals surface area (Å²) in [6.07, 6.45) is 1.98. The maximum Gasteiger partial charge on any atom is 0.305 e. The van der Waals surface area contributed by atoms with Crippen molar-refractivity contribution in [2.24, 2.45) is 4.99 Å². The molecule has 1 aliphatic rings. The topological polar surface area (TPSA) is 165 Å². The van der Waals surface area contributed by atoms with Gasteiger partial charge in [0.1, 0.15) is 0 Å². The number of hydrogen-bond donors (Lipinski definition) is 6. The van der Waals surface area contributed by atoms with Crippen molar-refractivity contribution in [2.75, 3.05) is 25.0 Å². The maximum atomic E-state index is 12.5. The molecule has 2 amide bonds. The Morgan fingerprint density at radius 1 is 1.15 bits per heavy atom. The van der Waals surface area contributed by atoms with Crippen molar-refractivity contribution in [3.8, 4) is 0 Å². The first-order valence-electron chi connectivity index (χ1n) is 10.1. The van der Waals surface area contributed by atoms with Gasteiger partial charge >= 0.3 is 5.97 Å². The highest BCUT2D eigenvalue weighted by Gasteiger charge is 2.20. The van der Waals surface area contributed by atoms with E-state index in [1.165, 1.54) is 12.4 Å². The SMILES string of the molecule is O=C(O)CC(NC(=O)CNC(=O)c1cncc(NC2=NCC(O)CN2)c1)c1cc(Br)cc(Br)c1. The number of halogens is 2. The van der Waals surface area contributed by atoms with Gasteiger partial charge in [0, 0.05) is 21.7 Å². The molecule has 0 fully saturated rings. The summed E-state index contributed by atoms with van der Waals surface area (Å²) in [5, 5.41) is 29.8. The second-order valence-electron chi connectivity index (χ2n) is 7.41. The lowest BCUT2D eigenvalue weighted by Gasteiger charge is -2.20. The molecule has 13 heteroatoms. The van der Waals surface area contributed by atoms with Gasteiger partial charge in [0.2, 0.25) is 5.91 Å². The number of carbonyl (C=O) groups is 3. The molecular weight excluding hydrogens is 576 g/mol. The molecule has 2 aromatic rings. The van der Waals surface area contributed by atoms with E-state index < -0.39 is 29.9 Å². The number of pyridine rings is 1. The van der Waals surface area contributed by atoms with Crippen molar-refractivity contribution in [1.29, 1.82) is 0 Å². The quantitative estimate of drug-likeness (QED) is 0.266. The highest BCUT2D eigenvalue weighted by molar-refractivity contribution is 9.11. The zero-order valence-electron chi connectivity index (χ0n) is 17.7. The molecule has 0 spiro atoms. The molecular formula is C21H22Br2N6O5. The molecule has 1 aromatic carbocycles. The predicted molar refractivity (Wildman–Crippen MR) is 131 cm³/mol. The third-order valence-electron chi connectivity index (χ3n) is 4.64. The Morgan fingerprint density at radius 2 is 1.88 bits per heavy atom. The summed E-state index contributed by atoms with van der Waals surface area (Å²) in [7, 11) is 0. The van der Waals surface area contributed by atoms with Gasteiger partial charge in [-0.05, 0) is 29.8 Å². The number of aliphatic hydroxyl groups is 1. The van der Waals surface area contributed by atoms with Gasteiger partial charge in [-0.25, -0.2) is 0 Å². The zero-order chi connectivity index (χ0) is 24.7. The summed E-state index contributed by atoms with van der Waals surface area (Å²) in [5.41, 5.74) is 1.31. The van der Waals surface area contributed by atoms with Crippen LogP contribution < -0.4 is 21.3 Å². The van der Waals surface area contributed by atoms with E-state index in [2.05, 4.69) is 63.1 Å². The Morgan fingerprint density at radius 3 is 2.53 bits per heavy atom. The van der Waals surface area contributed by atoms with Crippen molar-refractivity contribution < 1.29 is 24.6 Å². The fourth-order valence-corrected chi connectivity index (χ4v) is 4.42. The number of nitrogens with zero attached hydrogens (tertiary/aromatic N) is 2. The van der Waals surface area contributed by atoms with E-state index in [-0.39, 0.29) is 25.1 Å². The lowest BCUT2D eigenvalue weighted by molar-refractivity contribution is -0.137. The van der Waals surface area contributed by atoms with Crippen molar-refractivity contribution in [1.82, 2.24) is 20.9 Å². The van der Waals surface area contributed by atoms with Gasteiger partial charge < -0.3 is 31.5 Å². The Labute approximate surface area is 211 Å². The zero-order valence-corrected chi connectivity index (χ0v) is 20.9. The number of β-amino-alcohol motifs (C(OH)–C–C–N with tert-alkyl or cyclic N) is 1. The number of carbonyl (C=O) groups excluding carboxylic acids is 2. The van der Waals surface area contributed by atoms with Crippen LogP contribution in [0.3, 0.4) is 0 Å². The number of aliphatic imine (C=N–C) groups is 1. The van der Waals surface area contributed by atoms with Crippen LogP contribution in [-0.4, -0.2) is 64.7 Å². The second-order valence-corrected chi connectivity index (χ2v) is 9.25. The molecule has 6 N–H and O–H groups in total. The van der Waals surface area contributed by atoms with Crippen molar-refractivity contribution in [3.05, 3.63) is 56.7 Å². The Hall–Kier alpha value is -3.03. The number of hydrogen-bond acceptors (Lipinski definition) is 8. The highest BCUT2D eigenvalue weighted by Crippen LogP contribution is 2.26. The highest BCUT2D eigenvalue weighted by atomic mass is 79.9. The van der Waals surface area contributed by atoms with Crippen LogP contribution in [0, 0.1) is 0 Å². The van der Waals surface area contributed by atoms with Crippen LogP contribution in [0.1, 0.15) is 28.4 Å². The van der Waals surface area contributed by atoms with Gasteiger partial charge in [-0.1, -0.05) is 31.9 Å². The van der Waals surface area contributed by atoms with Crippen LogP contribution in [0.5, 0.6) is 0 Å². The average Bonchev–Trinajstić information content (AvgIpc) is 2.78. The standard InChI is InChI=1S/C21H22Br2N6O5/c22-13-1-11(2-14(23)4-13)17(5-19(32)33)29-18(31)10-25-20(34)12-3-15(7-24-6-12)28-21-26-8-16(30)9-27-21/h1-4,6-7,16-17,30H,5,8-10H2,(H,25,34)(H,29,31)(H,32,33)(H2,26,27,28). The van der Waals surface area contributed by atoms with Crippen LogP contribution >= 0.6 is 31.9 Å². The van der Waals surface area contributed by atoms with Gasteiger partial charge in [-0.3, -0.25) is 24.4 Å². The van der Waals surface area contributed by atoms with Crippen LogP contribution in [0.2, 0.25) is 0 Å². The van der Waals surface area contributed by atoms with E-state index in [1.54, 1.807) is 24.3 Å². The fraction of sp³-hybridized carbons (Fsp3) is 0.286. The summed E-state index contributed by atoms with van der Waals surface area (Å²) in [4.78, 5) is 44.4. The molecule has 180 valence electrons. The summed E-state index contributed by atoms with van der Waals surface area (Å²) in [5.74, 6) is -1.70. The van der Waals surface area contributed by atoms with Crippen molar-refractivity contribution >= 4 is 61.3 Å². The average molecular weight is 598 g/mol. The molecule has 2 heterocycles. The smallest absolute Gasteiger partial charge is 0.305 e. The van der Waals surface area contributed by atoms with Crippen LogP contribution in [-0.2, 0) is 9.59 Å². The van der Waals surface area contributed by atoms with Gasteiger partial charge in [-0.2, -0.15) is 0 Å².